The SMILES string of the molecule is CC(=O)NCCNc1nc(-c2ccccc2)nc2[nH]c(C(=O)N3CCC(O)(c4ccccc4-c4ccccc4Cl)CC3)cc12. The molecule has 1 aliphatic heterocycles. The van der Waals surface area contributed by atoms with Crippen LogP contribution in [-0.2, 0) is 10.4 Å². The Hall–Kier alpha value is -4.73. The van der Waals surface area contributed by atoms with Crippen LogP contribution in [0.1, 0.15) is 35.8 Å². The number of aliphatic hydroxyl groups is 1. The van der Waals surface area contributed by atoms with Crippen LogP contribution in [-0.4, -0.2) is 63.0 Å². The average molecular weight is 609 g/mol. The van der Waals surface area contributed by atoms with Crippen LogP contribution in [0, 0.1) is 0 Å². The Morgan fingerprint density at radius 3 is 2.34 bits per heavy atom. The topological polar surface area (TPSA) is 123 Å². The van der Waals surface area contributed by atoms with E-state index in [1.54, 1.807) is 11.0 Å². The number of hydrogen-bond donors (Lipinski definition) is 4. The number of rotatable bonds is 8. The van der Waals surface area contributed by atoms with Crippen molar-refractivity contribution in [1.82, 2.24) is 25.2 Å². The summed E-state index contributed by atoms with van der Waals surface area (Å²) in [6.45, 7) is 3.11. The van der Waals surface area contributed by atoms with Crippen molar-refractivity contribution in [3.8, 4) is 22.5 Å². The van der Waals surface area contributed by atoms with Gasteiger partial charge in [-0.2, -0.15) is 0 Å². The molecule has 0 saturated carbocycles. The molecule has 2 aromatic heterocycles. The van der Waals surface area contributed by atoms with Crippen LogP contribution in [0.4, 0.5) is 5.82 Å². The number of nitrogens with one attached hydrogen (secondary N) is 3. The Bertz CT molecular complexity index is 1810. The summed E-state index contributed by atoms with van der Waals surface area (Å²) in [5, 5.41) is 19.2. The maximum Gasteiger partial charge on any atom is 0.270 e. The lowest BCUT2D eigenvalue weighted by Crippen LogP contribution is -2.45. The molecule has 1 aliphatic rings. The van der Waals surface area contributed by atoms with Crippen LogP contribution in [0.3, 0.4) is 0 Å². The molecule has 3 heterocycles. The summed E-state index contributed by atoms with van der Waals surface area (Å²) in [5.74, 6) is 0.801. The number of aromatic nitrogens is 3. The number of anilines is 1. The highest BCUT2D eigenvalue weighted by Gasteiger charge is 2.37. The molecule has 44 heavy (non-hydrogen) atoms. The standard InChI is InChI=1S/C34H33ClN6O3/c1-22(42)36-17-18-37-31-26-21-29(38-32(26)40-30(39-31)23-9-3-2-4-10-23)33(43)41-19-15-34(44,16-20-41)27-13-7-5-11-24(27)25-12-6-8-14-28(25)35/h2-14,21,44H,15-20H2,1H3,(H,36,42)(H2,37,38,39,40). The molecule has 0 radical (unpaired) electrons. The summed E-state index contributed by atoms with van der Waals surface area (Å²) in [4.78, 5) is 39.5. The van der Waals surface area contributed by atoms with Crippen LogP contribution in [0.25, 0.3) is 33.5 Å². The number of aromatic amines is 1. The largest absolute Gasteiger partial charge is 0.385 e. The van der Waals surface area contributed by atoms with E-state index in [0.29, 0.717) is 72.4 Å². The summed E-state index contributed by atoms with van der Waals surface area (Å²) in [6.07, 6.45) is 0.767. The predicted octanol–water partition coefficient (Wildman–Crippen LogP) is 5.62. The zero-order valence-electron chi connectivity index (χ0n) is 24.3. The van der Waals surface area contributed by atoms with Gasteiger partial charge in [0.25, 0.3) is 5.91 Å². The van der Waals surface area contributed by atoms with Crippen molar-refractivity contribution in [2.24, 2.45) is 0 Å². The van der Waals surface area contributed by atoms with Crippen LogP contribution < -0.4 is 10.6 Å². The number of benzene rings is 3. The molecular formula is C34H33ClN6O3. The van der Waals surface area contributed by atoms with Crippen molar-refractivity contribution >= 4 is 40.3 Å². The molecule has 0 atom stereocenters. The van der Waals surface area contributed by atoms with Gasteiger partial charge in [-0.1, -0.05) is 84.4 Å². The Morgan fingerprint density at radius 1 is 0.932 bits per heavy atom. The van der Waals surface area contributed by atoms with Gasteiger partial charge >= 0.3 is 0 Å². The second kappa shape index (κ2) is 12.5. The molecule has 0 unspecified atom stereocenters. The van der Waals surface area contributed by atoms with Gasteiger partial charge < -0.3 is 25.6 Å². The minimum absolute atomic E-state index is 0.111. The Morgan fingerprint density at radius 2 is 1.61 bits per heavy atom. The summed E-state index contributed by atoms with van der Waals surface area (Å²) in [5.41, 5.74) is 3.24. The third-order valence-electron chi connectivity index (χ3n) is 8.01. The fourth-order valence-electron chi connectivity index (χ4n) is 5.72. The van der Waals surface area contributed by atoms with E-state index >= 15 is 0 Å². The number of carbonyl (C=O) groups excluding carboxylic acids is 2. The second-order valence-electron chi connectivity index (χ2n) is 11.0. The first kappa shape index (κ1) is 29.3. The summed E-state index contributed by atoms with van der Waals surface area (Å²) in [7, 11) is 0. The predicted molar refractivity (Wildman–Crippen MR) is 172 cm³/mol. The zero-order valence-corrected chi connectivity index (χ0v) is 25.1. The number of amides is 2. The first-order chi connectivity index (χ1) is 21.3. The van der Waals surface area contributed by atoms with Gasteiger partial charge in [-0.3, -0.25) is 9.59 Å². The molecule has 224 valence electrons. The molecule has 3 aromatic carbocycles. The van der Waals surface area contributed by atoms with Gasteiger partial charge in [0.2, 0.25) is 5.91 Å². The monoisotopic (exact) mass is 608 g/mol. The number of likely N-dealkylation sites (tertiary alicyclic amines) is 1. The smallest absolute Gasteiger partial charge is 0.270 e. The van der Waals surface area contributed by atoms with Gasteiger partial charge in [0.15, 0.2) is 5.82 Å². The van der Waals surface area contributed by atoms with Crippen LogP contribution in [0.2, 0.25) is 5.02 Å². The maximum atomic E-state index is 13.7. The Labute approximate surface area is 260 Å². The molecule has 9 nitrogen and oxygen atoms in total. The Balaban J connectivity index is 1.24. The first-order valence-corrected chi connectivity index (χ1v) is 15.0. The van der Waals surface area contributed by atoms with Gasteiger partial charge in [-0.25, -0.2) is 9.97 Å². The van der Waals surface area contributed by atoms with Gasteiger partial charge in [0.1, 0.15) is 17.2 Å². The number of fused-ring (bicyclic) bond motifs is 1. The molecule has 1 saturated heterocycles. The van der Waals surface area contributed by atoms with E-state index in [2.05, 4.69) is 15.6 Å². The number of piperidine rings is 1. The van der Waals surface area contributed by atoms with Crippen LogP contribution >= 0.6 is 11.6 Å². The maximum absolute atomic E-state index is 13.7. The number of carbonyl (C=O) groups is 2. The van der Waals surface area contributed by atoms with Crippen molar-refractivity contribution in [1.29, 1.82) is 0 Å². The number of hydrogen-bond acceptors (Lipinski definition) is 6. The number of nitrogens with zero attached hydrogens (tertiary/aromatic N) is 3. The normalized spacial score (nSPS) is 14.4. The molecule has 0 aliphatic carbocycles. The van der Waals surface area contributed by atoms with Gasteiger partial charge in [0, 0.05) is 49.3 Å². The van der Waals surface area contributed by atoms with E-state index < -0.39 is 5.60 Å². The fourth-order valence-corrected chi connectivity index (χ4v) is 5.96. The highest BCUT2D eigenvalue weighted by Crippen LogP contribution is 2.41. The van der Waals surface area contributed by atoms with E-state index in [1.807, 2.05) is 78.9 Å². The molecule has 0 spiro atoms. The summed E-state index contributed by atoms with van der Waals surface area (Å²) in [6, 6.07) is 26.8. The molecule has 0 bridgehead atoms. The lowest BCUT2D eigenvalue weighted by atomic mass is 9.80. The zero-order chi connectivity index (χ0) is 30.7. The van der Waals surface area contributed by atoms with Crippen LogP contribution in [0.5, 0.6) is 0 Å². The highest BCUT2D eigenvalue weighted by molar-refractivity contribution is 6.33. The average Bonchev–Trinajstić information content (AvgIpc) is 3.48. The van der Waals surface area contributed by atoms with Crippen LogP contribution in [0.15, 0.2) is 84.9 Å². The van der Waals surface area contributed by atoms with E-state index in [4.69, 9.17) is 21.6 Å². The van der Waals surface area contributed by atoms with Crippen molar-refractivity contribution in [2.45, 2.75) is 25.4 Å². The van der Waals surface area contributed by atoms with Crippen molar-refractivity contribution < 1.29 is 14.7 Å². The Kier molecular flexibility index (Phi) is 8.32. The lowest BCUT2D eigenvalue weighted by molar-refractivity contribution is -0.118. The van der Waals surface area contributed by atoms with Gasteiger partial charge in [-0.15, -0.1) is 0 Å². The molecule has 5 aromatic rings. The van der Waals surface area contributed by atoms with E-state index in [0.717, 1.165) is 22.3 Å². The first-order valence-electron chi connectivity index (χ1n) is 14.6. The third kappa shape index (κ3) is 6.02. The third-order valence-corrected chi connectivity index (χ3v) is 8.34. The molecule has 10 heteroatoms. The van der Waals surface area contributed by atoms with Crippen molar-refractivity contribution in [3.63, 3.8) is 0 Å². The minimum atomic E-state index is -1.10. The van der Waals surface area contributed by atoms with Crippen molar-refractivity contribution in [3.05, 3.63) is 101 Å². The molecule has 4 N–H and O–H groups in total. The quantitative estimate of drug-likeness (QED) is 0.170. The lowest BCUT2D eigenvalue weighted by Gasteiger charge is -2.39. The van der Waals surface area contributed by atoms with Gasteiger partial charge in [-0.05, 0) is 36.1 Å². The number of halogens is 1. The van der Waals surface area contributed by atoms with Gasteiger partial charge in [0.05, 0.1) is 11.0 Å². The summed E-state index contributed by atoms with van der Waals surface area (Å²) < 4.78 is 0. The number of H-pyrrole nitrogens is 1. The van der Waals surface area contributed by atoms with E-state index in [9.17, 15) is 14.7 Å². The fraction of sp³-hybridized carbons (Fsp3) is 0.235. The molecule has 1 fully saturated rings. The second-order valence-corrected chi connectivity index (χ2v) is 11.4. The molecular weight excluding hydrogens is 576 g/mol. The van der Waals surface area contributed by atoms with E-state index in [-0.39, 0.29) is 11.8 Å². The highest BCUT2D eigenvalue weighted by atomic mass is 35.5. The molecule has 6 rings (SSSR count). The summed E-state index contributed by atoms with van der Waals surface area (Å²) >= 11 is 6.52. The van der Waals surface area contributed by atoms with E-state index in [1.165, 1.54) is 6.92 Å². The van der Waals surface area contributed by atoms with Crippen molar-refractivity contribution in [2.75, 3.05) is 31.5 Å². The minimum Gasteiger partial charge on any atom is -0.385 e. The molecule has 2 amide bonds.